The van der Waals surface area contributed by atoms with Gasteiger partial charge in [0.2, 0.25) is 0 Å². The summed E-state index contributed by atoms with van der Waals surface area (Å²) in [5.41, 5.74) is 2.79. The van der Waals surface area contributed by atoms with Gasteiger partial charge in [0, 0.05) is 12.4 Å². The number of benzene rings is 1. The van der Waals surface area contributed by atoms with Crippen molar-refractivity contribution in [1.82, 2.24) is 9.88 Å². The van der Waals surface area contributed by atoms with E-state index in [-0.39, 0.29) is 5.69 Å². The molecule has 1 N–H and O–H groups in total. The molecular formula is C14H15F3N2O. The smallest absolute Gasteiger partial charge is 0.342 e. The molecule has 0 aliphatic rings. The van der Waals surface area contributed by atoms with Crippen molar-refractivity contribution >= 4 is 16.8 Å². The van der Waals surface area contributed by atoms with Gasteiger partial charge in [-0.1, -0.05) is 18.2 Å². The molecule has 1 amide bonds. The van der Waals surface area contributed by atoms with Gasteiger partial charge in [-0.15, -0.1) is 0 Å². The Hall–Kier alpha value is -1.98. The van der Waals surface area contributed by atoms with Crippen LogP contribution in [0.2, 0.25) is 0 Å². The zero-order chi connectivity index (χ0) is 15.1. The Morgan fingerprint density at radius 2 is 1.95 bits per heavy atom. The first-order valence-corrected chi connectivity index (χ1v) is 6.12. The summed E-state index contributed by atoms with van der Waals surface area (Å²) in [7, 11) is 1.69. The monoisotopic (exact) mass is 284 g/mol. The molecule has 2 rings (SSSR count). The fourth-order valence-corrected chi connectivity index (χ4v) is 2.48. The second kappa shape index (κ2) is 4.85. The molecule has 0 unspecified atom stereocenters. The van der Waals surface area contributed by atoms with E-state index in [4.69, 9.17) is 0 Å². The maximum Gasteiger partial charge on any atom is 0.405 e. The zero-order valence-electron chi connectivity index (χ0n) is 11.4. The largest absolute Gasteiger partial charge is 0.405 e. The number of hydrogen-bond donors (Lipinski definition) is 1. The van der Waals surface area contributed by atoms with E-state index in [1.165, 1.54) is 0 Å². The summed E-state index contributed by atoms with van der Waals surface area (Å²) in [6.45, 7) is 2.31. The van der Waals surface area contributed by atoms with Gasteiger partial charge in [0.25, 0.3) is 5.91 Å². The Morgan fingerprint density at radius 3 is 2.50 bits per heavy atom. The quantitative estimate of drug-likeness (QED) is 0.903. The van der Waals surface area contributed by atoms with Gasteiger partial charge in [-0.05, 0) is 25.0 Å². The highest BCUT2D eigenvalue weighted by molar-refractivity contribution is 6.02. The molecule has 1 heterocycles. The Bertz CT molecular complexity index is 671. The van der Waals surface area contributed by atoms with Crippen molar-refractivity contribution in [2.45, 2.75) is 20.0 Å². The molecule has 0 aliphatic carbocycles. The molecular weight excluding hydrogens is 269 g/mol. The molecule has 0 fully saturated rings. The van der Waals surface area contributed by atoms with Crippen LogP contribution in [0.3, 0.4) is 0 Å². The lowest BCUT2D eigenvalue weighted by molar-refractivity contribution is -0.123. The number of aromatic nitrogens is 1. The average Bonchev–Trinajstić information content (AvgIpc) is 2.59. The van der Waals surface area contributed by atoms with Crippen LogP contribution in [0.15, 0.2) is 18.2 Å². The number of fused-ring (bicyclic) bond motifs is 1. The maximum absolute atomic E-state index is 12.2. The molecule has 0 spiro atoms. The Labute approximate surface area is 114 Å². The number of hydrogen-bond acceptors (Lipinski definition) is 1. The van der Waals surface area contributed by atoms with Crippen molar-refractivity contribution in [2.24, 2.45) is 7.05 Å². The Morgan fingerprint density at radius 1 is 1.30 bits per heavy atom. The minimum atomic E-state index is -4.41. The summed E-state index contributed by atoms with van der Waals surface area (Å²) >= 11 is 0. The first-order valence-electron chi connectivity index (χ1n) is 6.12. The molecule has 0 saturated heterocycles. The van der Waals surface area contributed by atoms with Crippen LogP contribution in [-0.4, -0.2) is 23.2 Å². The number of aryl methyl sites for hydroxylation is 3. The highest BCUT2D eigenvalue weighted by Crippen LogP contribution is 2.27. The van der Waals surface area contributed by atoms with Crippen LogP contribution in [0, 0.1) is 13.8 Å². The van der Waals surface area contributed by atoms with Crippen molar-refractivity contribution < 1.29 is 18.0 Å². The third kappa shape index (κ3) is 2.50. The van der Waals surface area contributed by atoms with E-state index in [0.29, 0.717) is 5.56 Å². The molecule has 3 nitrogen and oxygen atoms in total. The van der Waals surface area contributed by atoms with Gasteiger partial charge in [-0.25, -0.2) is 0 Å². The van der Waals surface area contributed by atoms with Gasteiger partial charge in [-0.3, -0.25) is 4.79 Å². The lowest BCUT2D eigenvalue weighted by Gasteiger charge is -2.10. The summed E-state index contributed by atoms with van der Waals surface area (Å²) in [4.78, 5) is 12.0. The van der Waals surface area contributed by atoms with Gasteiger partial charge < -0.3 is 9.88 Å². The molecule has 2 aromatic rings. The SMILES string of the molecule is Cc1c(C(=O)NCC(F)(F)F)n(C)c2c(C)cccc12. The lowest BCUT2D eigenvalue weighted by atomic mass is 10.1. The van der Waals surface area contributed by atoms with E-state index in [1.54, 1.807) is 18.5 Å². The molecule has 1 aromatic heterocycles. The highest BCUT2D eigenvalue weighted by Gasteiger charge is 2.29. The number of amides is 1. The standard InChI is InChI=1S/C14H15F3N2O/c1-8-5-4-6-10-9(2)12(19(3)11(8)10)13(20)18-7-14(15,16)17/h4-6H,7H2,1-3H3,(H,18,20). The van der Waals surface area contributed by atoms with Crippen LogP contribution in [-0.2, 0) is 7.05 Å². The van der Waals surface area contributed by atoms with E-state index < -0.39 is 18.6 Å². The molecule has 0 radical (unpaired) electrons. The summed E-state index contributed by atoms with van der Waals surface area (Å²) in [6.07, 6.45) is -4.41. The molecule has 0 aliphatic heterocycles. The lowest BCUT2D eigenvalue weighted by Crippen LogP contribution is -2.34. The van der Waals surface area contributed by atoms with E-state index >= 15 is 0 Å². The van der Waals surface area contributed by atoms with Crippen molar-refractivity contribution in [2.75, 3.05) is 6.54 Å². The third-order valence-corrected chi connectivity index (χ3v) is 3.33. The second-order valence-corrected chi connectivity index (χ2v) is 4.80. The number of nitrogens with one attached hydrogen (secondary N) is 1. The number of carbonyl (C=O) groups is 1. The third-order valence-electron chi connectivity index (χ3n) is 3.33. The van der Waals surface area contributed by atoms with Gasteiger partial charge in [0.1, 0.15) is 12.2 Å². The first-order chi connectivity index (χ1) is 9.22. The van der Waals surface area contributed by atoms with E-state index in [2.05, 4.69) is 0 Å². The van der Waals surface area contributed by atoms with Crippen molar-refractivity contribution in [1.29, 1.82) is 0 Å². The Balaban J connectivity index is 2.45. The summed E-state index contributed by atoms with van der Waals surface area (Å²) < 4.78 is 38.2. The maximum atomic E-state index is 12.2. The molecule has 0 saturated carbocycles. The predicted octanol–water partition coefficient (Wildman–Crippen LogP) is 3.09. The fraction of sp³-hybridized carbons (Fsp3) is 0.357. The number of nitrogens with zero attached hydrogens (tertiary/aromatic N) is 1. The molecule has 6 heteroatoms. The topological polar surface area (TPSA) is 34.0 Å². The molecule has 0 atom stereocenters. The summed E-state index contributed by atoms with van der Waals surface area (Å²) in [6, 6.07) is 5.62. The fourth-order valence-electron chi connectivity index (χ4n) is 2.48. The van der Waals surface area contributed by atoms with Gasteiger partial charge in [0.05, 0.1) is 5.52 Å². The number of alkyl halides is 3. The van der Waals surface area contributed by atoms with Gasteiger partial charge >= 0.3 is 6.18 Å². The molecule has 0 bridgehead atoms. The number of carbonyl (C=O) groups excluding carboxylic acids is 1. The average molecular weight is 284 g/mol. The van der Waals surface area contributed by atoms with Crippen LogP contribution in [0.4, 0.5) is 13.2 Å². The molecule has 20 heavy (non-hydrogen) atoms. The van der Waals surface area contributed by atoms with Crippen molar-refractivity contribution in [3.8, 4) is 0 Å². The van der Waals surface area contributed by atoms with Crippen molar-refractivity contribution in [3.05, 3.63) is 35.0 Å². The Kier molecular flexibility index (Phi) is 3.50. The van der Waals surface area contributed by atoms with Crippen LogP contribution >= 0.6 is 0 Å². The normalized spacial score (nSPS) is 11.9. The molecule has 1 aromatic carbocycles. The van der Waals surface area contributed by atoms with Gasteiger partial charge in [-0.2, -0.15) is 13.2 Å². The van der Waals surface area contributed by atoms with E-state index in [1.807, 2.05) is 30.4 Å². The van der Waals surface area contributed by atoms with Crippen LogP contribution < -0.4 is 5.32 Å². The first kappa shape index (κ1) is 14.4. The summed E-state index contributed by atoms with van der Waals surface area (Å²) in [5.74, 6) is -0.710. The van der Waals surface area contributed by atoms with Crippen molar-refractivity contribution in [3.63, 3.8) is 0 Å². The van der Waals surface area contributed by atoms with E-state index in [0.717, 1.165) is 16.5 Å². The van der Waals surface area contributed by atoms with Crippen LogP contribution in [0.1, 0.15) is 21.6 Å². The number of halogens is 3. The zero-order valence-corrected chi connectivity index (χ0v) is 11.4. The molecule has 108 valence electrons. The van der Waals surface area contributed by atoms with Crippen LogP contribution in [0.5, 0.6) is 0 Å². The predicted molar refractivity (Wildman–Crippen MR) is 70.8 cm³/mol. The minimum absolute atomic E-state index is 0.263. The minimum Gasteiger partial charge on any atom is -0.342 e. The van der Waals surface area contributed by atoms with E-state index in [9.17, 15) is 18.0 Å². The van der Waals surface area contributed by atoms with Crippen LogP contribution in [0.25, 0.3) is 10.9 Å². The highest BCUT2D eigenvalue weighted by atomic mass is 19.4. The summed E-state index contributed by atoms with van der Waals surface area (Å²) in [5, 5.41) is 2.80. The van der Waals surface area contributed by atoms with Gasteiger partial charge in [0.15, 0.2) is 0 Å². The second-order valence-electron chi connectivity index (χ2n) is 4.80. The number of rotatable bonds is 2. The number of para-hydroxylation sites is 1.